The first-order valence-corrected chi connectivity index (χ1v) is 6.19. The van der Waals surface area contributed by atoms with E-state index in [9.17, 15) is 4.79 Å². The molecule has 0 heterocycles. The van der Waals surface area contributed by atoms with E-state index >= 15 is 0 Å². The minimum absolute atomic E-state index is 0.0226. The lowest BCUT2D eigenvalue weighted by Crippen LogP contribution is -2.04. The predicted octanol–water partition coefficient (Wildman–Crippen LogP) is 3.83. The van der Waals surface area contributed by atoms with Crippen molar-refractivity contribution in [3.05, 3.63) is 31.9 Å². The molecule has 0 saturated heterocycles. The van der Waals surface area contributed by atoms with Gasteiger partial charge in [0.15, 0.2) is 5.78 Å². The first kappa shape index (κ1) is 11.5. The lowest BCUT2D eigenvalue weighted by Gasteiger charge is -2.05. The maximum Gasteiger partial charge on any atom is 0.175 e. The lowest BCUT2D eigenvalue weighted by molar-refractivity contribution is 0.102. The summed E-state index contributed by atoms with van der Waals surface area (Å²) in [6.07, 6.45) is 0. The van der Waals surface area contributed by atoms with Gasteiger partial charge in [-0.3, -0.25) is 4.79 Å². The molecule has 13 heavy (non-hydrogen) atoms. The van der Waals surface area contributed by atoms with Gasteiger partial charge in [0.25, 0.3) is 0 Å². The van der Waals surface area contributed by atoms with Gasteiger partial charge < -0.3 is 0 Å². The molecule has 0 aliphatic carbocycles. The molecule has 70 valence electrons. The molecule has 0 N–H and O–H groups in total. The van der Waals surface area contributed by atoms with Crippen molar-refractivity contribution in [3.63, 3.8) is 0 Å². The van der Waals surface area contributed by atoms with Crippen LogP contribution in [-0.2, 0) is 0 Å². The van der Waals surface area contributed by atoms with E-state index in [-0.39, 0.29) is 5.78 Å². The number of carbonyl (C=O) groups excluding carboxylic acids is 1. The van der Waals surface area contributed by atoms with E-state index in [1.807, 2.05) is 13.0 Å². The minimum Gasteiger partial charge on any atom is -0.293 e. The molecular weight excluding hydrogens is 366 g/mol. The Morgan fingerprint density at radius 3 is 2.69 bits per heavy atom. The minimum atomic E-state index is 0.0226. The van der Waals surface area contributed by atoms with Crippen molar-refractivity contribution in [2.45, 2.75) is 6.92 Å². The molecule has 0 atom stereocenters. The lowest BCUT2D eigenvalue weighted by atomic mass is 10.1. The summed E-state index contributed by atoms with van der Waals surface area (Å²) in [7, 11) is 0. The molecule has 4 heteroatoms. The Labute approximate surface area is 104 Å². The Kier molecular flexibility index (Phi) is 4.19. The summed E-state index contributed by atoms with van der Waals surface area (Å²) in [5, 5.41) is 0.847. The molecule has 0 aromatic heterocycles. The van der Waals surface area contributed by atoms with Crippen LogP contribution in [0.25, 0.3) is 0 Å². The van der Waals surface area contributed by atoms with Crippen LogP contribution in [0.4, 0.5) is 0 Å². The van der Waals surface area contributed by atoms with Crippen LogP contribution in [0.1, 0.15) is 15.9 Å². The molecule has 0 bridgehead atoms. The Bertz CT molecular complexity index is 328. The predicted molar refractivity (Wildman–Crippen MR) is 67.0 cm³/mol. The van der Waals surface area contributed by atoms with E-state index in [2.05, 4.69) is 38.5 Å². The van der Waals surface area contributed by atoms with Gasteiger partial charge in [0.05, 0.1) is 15.9 Å². The average Bonchev–Trinajstić information content (AvgIpc) is 2.02. The number of hydrogen-bond acceptors (Lipinski definition) is 1. The summed E-state index contributed by atoms with van der Waals surface area (Å²) >= 11 is 11.2. The van der Waals surface area contributed by atoms with E-state index in [1.165, 1.54) is 0 Å². The van der Waals surface area contributed by atoms with E-state index in [0.29, 0.717) is 15.9 Å². The second-order valence-electron chi connectivity index (χ2n) is 2.66. The third-order valence-electron chi connectivity index (χ3n) is 1.59. The van der Waals surface area contributed by atoms with Crippen LogP contribution in [0, 0.1) is 10.5 Å². The van der Waals surface area contributed by atoms with Crippen LogP contribution in [0.5, 0.6) is 0 Å². The molecule has 0 saturated carbocycles. The smallest absolute Gasteiger partial charge is 0.175 e. The first-order valence-electron chi connectivity index (χ1n) is 3.61. The van der Waals surface area contributed by atoms with Crippen LogP contribution in [0.15, 0.2) is 12.1 Å². The number of alkyl halides is 1. The molecule has 0 aliphatic rings. The summed E-state index contributed by atoms with van der Waals surface area (Å²) in [5.41, 5.74) is 1.69. The average molecular weight is 373 g/mol. The molecule has 1 rings (SSSR count). The zero-order valence-electron chi connectivity index (χ0n) is 6.90. The monoisotopic (exact) mass is 372 g/mol. The third-order valence-corrected chi connectivity index (χ3v) is 3.24. The molecule has 0 spiro atoms. The van der Waals surface area contributed by atoms with Gasteiger partial charge in [0.2, 0.25) is 0 Å². The highest BCUT2D eigenvalue weighted by molar-refractivity contribution is 14.1. The van der Waals surface area contributed by atoms with Crippen molar-refractivity contribution in [1.29, 1.82) is 0 Å². The van der Waals surface area contributed by atoms with Crippen molar-refractivity contribution < 1.29 is 4.79 Å². The molecule has 1 aromatic carbocycles. The van der Waals surface area contributed by atoms with Crippen LogP contribution < -0.4 is 0 Å². The van der Waals surface area contributed by atoms with Crippen molar-refractivity contribution >= 4 is 55.9 Å². The number of hydrogen-bond donors (Lipinski definition) is 0. The van der Waals surface area contributed by atoms with Gasteiger partial charge in [0.1, 0.15) is 0 Å². The van der Waals surface area contributed by atoms with E-state index in [0.717, 1.165) is 9.13 Å². The summed E-state index contributed by atoms with van der Waals surface area (Å²) in [4.78, 5) is 11.4. The largest absolute Gasteiger partial charge is 0.293 e. The quantitative estimate of drug-likeness (QED) is 0.437. The van der Waals surface area contributed by atoms with Crippen LogP contribution in [0.3, 0.4) is 0 Å². The van der Waals surface area contributed by atoms with Gasteiger partial charge >= 0.3 is 0 Å². The highest BCUT2D eigenvalue weighted by Gasteiger charge is 2.13. The van der Waals surface area contributed by atoms with Gasteiger partial charge in [-0.2, -0.15) is 0 Å². The number of benzene rings is 1. The van der Waals surface area contributed by atoms with Gasteiger partial charge in [-0.1, -0.05) is 27.5 Å². The zero-order chi connectivity index (χ0) is 10.0. The molecule has 0 aliphatic heterocycles. The maximum atomic E-state index is 11.4. The zero-order valence-corrected chi connectivity index (χ0v) is 11.4. The number of Topliss-reactive ketones (excluding diaryl/α,β-unsaturated/α-hetero) is 1. The summed E-state index contributed by atoms with van der Waals surface area (Å²) in [6, 6.07) is 3.75. The Morgan fingerprint density at radius 1 is 1.62 bits per heavy atom. The Hall–Kier alpha value is 0.390. The number of aryl methyl sites for hydroxylation is 1. The standard InChI is InChI=1S/C9H7BrClIO/c1-5-2-6(11)9(7(12)3-5)8(13)4-10/h2-3H,4H2,1H3. The van der Waals surface area contributed by atoms with Crippen molar-refractivity contribution in [2.75, 3.05) is 5.33 Å². The molecule has 0 fully saturated rings. The number of rotatable bonds is 2. The van der Waals surface area contributed by atoms with Gasteiger partial charge in [-0.25, -0.2) is 0 Å². The summed E-state index contributed by atoms with van der Waals surface area (Å²) in [6.45, 7) is 1.95. The maximum absolute atomic E-state index is 11.4. The summed E-state index contributed by atoms with van der Waals surface area (Å²) < 4.78 is 0.909. The van der Waals surface area contributed by atoms with Gasteiger partial charge in [-0.15, -0.1) is 0 Å². The second-order valence-corrected chi connectivity index (χ2v) is 4.79. The fraction of sp³-hybridized carbons (Fsp3) is 0.222. The fourth-order valence-electron chi connectivity index (χ4n) is 1.03. The van der Waals surface area contributed by atoms with Crippen molar-refractivity contribution in [3.8, 4) is 0 Å². The van der Waals surface area contributed by atoms with E-state index in [1.54, 1.807) is 6.07 Å². The van der Waals surface area contributed by atoms with Crippen LogP contribution in [0.2, 0.25) is 5.02 Å². The SMILES string of the molecule is Cc1cc(Cl)c(C(=O)CBr)c(I)c1. The topological polar surface area (TPSA) is 17.1 Å². The number of ketones is 1. The van der Waals surface area contributed by atoms with Crippen LogP contribution >= 0.6 is 50.1 Å². The molecule has 0 unspecified atom stereocenters. The summed E-state index contributed by atoms with van der Waals surface area (Å²) in [5.74, 6) is 0.0226. The second kappa shape index (κ2) is 4.75. The molecule has 0 amide bonds. The van der Waals surface area contributed by atoms with Gasteiger partial charge in [-0.05, 0) is 47.2 Å². The number of halogens is 3. The van der Waals surface area contributed by atoms with E-state index in [4.69, 9.17) is 11.6 Å². The van der Waals surface area contributed by atoms with Crippen molar-refractivity contribution in [2.24, 2.45) is 0 Å². The highest BCUT2D eigenvalue weighted by atomic mass is 127. The Balaban J connectivity index is 3.28. The Morgan fingerprint density at radius 2 is 2.23 bits per heavy atom. The molecular formula is C9H7BrClIO. The molecule has 1 aromatic rings. The molecule has 0 radical (unpaired) electrons. The van der Waals surface area contributed by atoms with Crippen molar-refractivity contribution in [1.82, 2.24) is 0 Å². The van der Waals surface area contributed by atoms with E-state index < -0.39 is 0 Å². The first-order chi connectivity index (χ1) is 6.06. The third kappa shape index (κ3) is 2.67. The normalized spacial score (nSPS) is 10.2. The van der Waals surface area contributed by atoms with Gasteiger partial charge in [0, 0.05) is 3.57 Å². The highest BCUT2D eigenvalue weighted by Crippen LogP contribution is 2.24. The molecule has 1 nitrogen and oxygen atoms in total. The number of carbonyl (C=O) groups is 1. The van der Waals surface area contributed by atoms with Crippen LogP contribution in [-0.4, -0.2) is 11.1 Å². The fourth-order valence-corrected chi connectivity index (χ4v) is 2.93.